The smallest absolute Gasteiger partial charge is 0.159 e. The molecule has 2 aromatic heterocycles. The largest absolute Gasteiger partial charge is 0.388 e. The Balaban J connectivity index is 1.37. The van der Waals surface area contributed by atoms with E-state index in [2.05, 4.69) is 98.0 Å². The summed E-state index contributed by atoms with van der Waals surface area (Å²) in [5, 5.41) is 12.1. The lowest BCUT2D eigenvalue weighted by Gasteiger charge is -2.34. The highest BCUT2D eigenvalue weighted by Gasteiger charge is 2.19. The van der Waals surface area contributed by atoms with Crippen LogP contribution in [0.2, 0.25) is 0 Å². The molecular formula is C26H27N7. The molecule has 0 spiro atoms. The molecule has 0 atom stereocenters. The van der Waals surface area contributed by atoms with Crippen LogP contribution in [-0.2, 0) is 0 Å². The van der Waals surface area contributed by atoms with Crippen molar-refractivity contribution in [2.75, 3.05) is 50.5 Å². The van der Waals surface area contributed by atoms with Gasteiger partial charge in [-0.1, -0.05) is 24.3 Å². The van der Waals surface area contributed by atoms with Crippen molar-refractivity contribution in [2.45, 2.75) is 0 Å². The molecule has 3 heterocycles. The van der Waals surface area contributed by atoms with Crippen molar-refractivity contribution in [3.8, 4) is 22.6 Å². The van der Waals surface area contributed by atoms with Gasteiger partial charge in [-0.2, -0.15) is 5.10 Å². The molecule has 7 nitrogen and oxygen atoms in total. The second-order valence-electron chi connectivity index (χ2n) is 8.71. The zero-order valence-corrected chi connectivity index (χ0v) is 18.9. The number of piperazine rings is 1. The second-order valence-corrected chi connectivity index (χ2v) is 8.71. The van der Waals surface area contributed by atoms with Crippen molar-refractivity contribution in [3.63, 3.8) is 0 Å². The highest BCUT2D eigenvalue weighted by molar-refractivity contribution is 5.97. The number of hydrogen-bond donors (Lipinski definition) is 3. The quantitative estimate of drug-likeness (QED) is 0.384. The van der Waals surface area contributed by atoms with Crippen LogP contribution < -0.4 is 10.2 Å². The monoisotopic (exact) mass is 437 g/mol. The molecular weight excluding hydrogens is 410 g/mol. The van der Waals surface area contributed by atoms with Gasteiger partial charge in [0.2, 0.25) is 0 Å². The third-order valence-electron chi connectivity index (χ3n) is 6.63. The van der Waals surface area contributed by atoms with Crippen LogP contribution in [0.15, 0.2) is 60.7 Å². The number of benzene rings is 3. The van der Waals surface area contributed by atoms with E-state index in [0.717, 1.165) is 70.9 Å². The Morgan fingerprint density at radius 3 is 2.45 bits per heavy atom. The molecule has 3 aromatic carbocycles. The average Bonchev–Trinajstić information content (AvgIpc) is 3.48. The van der Waals surface area contributed by atoms with E-state index in [9.17, 15) is 0 Å². The van der Waals surface area contributed by atoms with Crippen LogP contribution in [-0.4, -0.2) is 65.3 Å². The van der Waals surface area contributed by atoms with Crippen LogP contribution in [0.5, 0.6) is 0 Å². The zero-order chi connectivity index (χ0) is 22.4. The molecule has 1 fully saturated rings. The van der Waals surface area contributed by atoms with Gasteiger partial charge in [0.1, 0.15) is 11.2 Å². The molecule has 0 amide bonds. The Hall–Kier alpha value is -3.84. The number of imidazole rings is 1. The number of aromatic nitrogens is 4. The molecule has 1 aliphatic heterocycles. The molecule has 5 aromatic rings. The summed E-state index contributed by atoms with van der Waals surface area (Å²) in [4.78, 5) is 13.3. The third kappa shape index (κ3) is 3.50. The highest BCUT2D eigenvalue weighted by atomic mass is 15.3. The molecule has 1 saturated heterocycles. The van der Waals surface area contributed by atoms with Gasteiger partial charge < -0.3 is 20.1 Å². The van der Waals surface area contributed by atoms with E-state index in [4.69, 9.17) is 4.98 Å². The molecule has 3 N–H and O–H groups in total. The van der Waals surface area contributed by atoms with Gasteiger partial charge in [0.05, 0.1) is 16.7 Å². The minimum Gasteiger partial charge on any atom is -0.388 e. The van der Waals surface area contributed by atoms with Crippen LogP contribution in [0.4, 0.5) is 11.4 Å². The zero-order valence-electron chi connectivity index (χ0n) is 18.9. The summed E-state index contributed by atoms with van der Waals surface area (Å²) in [5.41, 5.74) is 8.52. The maximum Gasteiger partial charge on any atom is 0.159 e. The predicted octanol–water partition coefficient (Wildman–Crippen LogP) is 4.57. The van der Waals surface area contributed by atoms with Crippen LogP contribution in [0.25, 0.3) is 44.6 Å². The maximum absolute atomic E-state index is 5.00. The van der Waals surface area contributed by atoms with Gasteiger partial charge in [-0.25, -0.2) is 4.98 Å². The number of nitrogens with one attached hydrogen (secondary N) is 3. The Bertz CT molecular complexity index is 1420. The van der Waals surface area contributed by atoms with E-state index >= 15 is 0 Å². The lowest BCUT2D eigenvalue weighted by Crippen LogP contribution is -2.44. The molecule has 6 rings (SSSR count). The molecule has 0 saturated carbocycles. The van der Waals surface area contributed by atoms with E-state index in [1.807, 2.05) is 7.05 Å². The van der Waals surface area contributed by atoms with Gasteiger partial charge in [-0.3, -0.25) is 5.10 Å². The fourth-order valence-corrected chi connectivity index (χ4v) is 4.64. The molecule has 166 valence electrons. The minimum atomic E-state index is 0.795. The second kappa shape index (κ2) is 7.94. The van der Waals surface area contributed by atoms with Crippen LogP contribution in [0.3, 0.4) is 0 Å². The van der Waals surface area contributed by atoms with Crippen LogP contribution in [0.1, 0.15) is 0 Å². The fraction of sp³-hybridized carbons (Fsp3) is 0.231. The number of fused-ring (bicyclic) bond motifs is 2. The molecule has 0 unspecified atom stereocenters. The van der Waals surface area contributed by atoms with Gasteiger partial charge >= 0.3 is 0 Å². The van der Waals surface area contributed by atoms with Crippen LogP contribution in [0, 0.1) is 0 Å². The molecule has 1 aliphatic rings. The number of rotatable bonds is 4. The van der Waals surface area contributed by atoms with Gasteiger partial charge in [-0.05, 0) is 54.6 Å². The lowest BCUT2D eigenvalue weighted by atomic mass is 10.0. The van der Waals surface area contributed by atoms with E-state index < -0.39 is 0 Å². The Morgan fingerprint density at radius 1 is 0.879 bits per heavy atom. The van der Waals surface area contributed by atoms with Crippen molar-refractivity contribution >= 4 is 33.3 Å². The fourth-order valence-electron chi connectivity index (χ4n) is 4.64. The predicted molar refractivity (Wildman–Crippen MR) is 136 cm³/mol. The summed E-state index contributed by atoms with van der Waals surface area (Å²) >= 11 is 0. The Kier molecular flexibility index (Phi) is 4.77. The summed E-state index contributed by atoms with van der Waals surface area (Å²) in [6.07, 6.45) is 0. The highest BCUT2D eigenvalue weighted by Crippen LogP contribution is 2.32. The summed E-state index contributed by atoms with van der Waals surface area (Å²) in [6.45, 7) is 4.16. The van der Waals surface area contributed by atoms with Crippen molar-refractivity contribution in [1.29, 1.82) is 0 Å². The lowest BCUT2D eigenvalue weighted by molar-refractivity contribution is 0.313. The topological polar surface area (TPSA) is 75.9 Å². The van der Waals surface area contributed by atoms with E-state index in [1.165, 1.54) is 11.3 Å². The molecule has 7 heteroatoms. The first-order valence-corrected chi connectivity index (χ1v) is 11.4. The number of H-pyrrole nitrogens is 2. The third-order valence-corrected chi connectivity index (χ3v) is 6.63. The molecule has 0 bridgehead atoms. The SMILES string of the molecule is CNc1ccc(-c2ccc3c(-c4nc5c(N6CCN(C)CC6)cccc5[nH]4)n[nH]c3c2)cc1. The van der Waals surface area contributed by atoms with Crippen molar-refractivity contribution in [2.24, 2.45) is 0 Å². The molecule has 33 heavy (non-hydrogen) atoms. The normalized spacial score (nSPS) is 14.9. The average molecular weight is 438 g/mol. The first-order chi connectivity index (χ1) is 16.2. The van der Waals surface area contributed by atoms with E-state index in [0.29, 0.717) is 0 Å². The van der Waals surface area contributed by atoms with Gasteiger partial charge in [0, 0.05) is 44.3 Å². The summed E-state index contributed by atoms with van der Waals surface area (Å²) in [5.74, 6) is 0.795. The van der Waals surface area contributed by atoms with Crippen LogP contribution >= 0.6 is 0 Å². The first kappa shape index (κ1) is 19.8. The number of likely N-dealkylation sites (N-methyl/N-ethyl adjacent to an activating group) is 1. The van der Waals surface area contributed by atoms with Crippen molar-refractivity contribution in [3.05, 3.63) is 60.7 Å². The van der Waals surface area contributed by atoms with Gasteiger partial charge in [-0.15, -0.1) is 0 Å². The Labute approximate surface area is 192 Å². The summed E-state index contributed by atoms with van der Waals surface area (Å²) < 4.78 is 0. The first-order valence-electron chi connectivity index (χ1n) is 11.4. The summed E-state index contributed by atoms with van der Waals surface area (Å²) in [6, 6.07) is 21.2. The maximum atomic E-state index is 5.00. The minimum absolute atomic E-state index is 0.795. The number of anilines is 2. The van der Waals surface area contributed by atoms with Crippen molar-refractivity contribution < 1.29 is 0 Å². The number of para-hydroxylation sites is 1. The number of hydrogen-bond acceptors (Lipinski definition) is 5. The van der Waals surface area contributed by atoms with Gasteiger partial charge in [0.25, 0.3) is 0 Å². The summed E-state index contributed by atoms with van der Waals surface area (Å²) in [7, 11) is 4.11. The molecule has 0 aliphatic carbocycles. The molecule has 0 radical (unpaired) electrons. The Morgan fingerprint density at radius 2 is 1.67 bits per heavy atom. The van der Waals surface area contributed by atoms with E-state index in [1.54, 1.807) is 0 Å². The number of aromatic amines is 2. The van der Waals surface area contributed by atoms with Gasteiger partial charge in [0.15, 0.2) is 5.82 Å². The number of nitrogens with zero attached hydrogens (tertiary/aromatic N) is 4. The van der Waals surface area contributed by atoms with Crippen molar-refractivity contribution in [1.82, 2.24) is 25.1 Å². The van der Waals surface area contributed by atoms with E-state index in [-0.39, 0.29) is 0 Å². The standard InChI is InChI=1S/C26H27N7/c1-27-19-9-6-17(7-10-19)18-8-11-20-22(16-18)30-31-24(20)26-28-21-4-3-5-23(25(21)29-26)33-14-12-32(2)13-15-33/h3-11,16,27H,12-15H2,1-2H3,(H,28,29)(H,30,31).